The number of ketones is 1. The van der Waals surface area contributed by atoms with Crippen molar-refractivity contribution in [1.82, 2.24) is 0 Å². The highest BCUT2D eigenvalue weighted by atomic mass is 32.1. The Morgan fingerprint density at radius 2 is 2.10 bits per heavy atom. The Balaban J connectivity index is 2.28. The van der Waals surface area contributed by atoms with Gasteiger partial charge in [-0.2, -0.15) is 0 Å². The second-order valence-corrected chi connectivity index (χ2v) is 6.21. The largest absolute Gasteiger partial charge is 0.462 e. The van der Waals surface area contributed by atoms with E-state index in [1.807, 2.05) is 0 Å². The van der Waals surface area contributed by atoms with Crippen LogP contribution in [0, 0.1) is 5.92 Å². The zero-order valence-electron chi connectivity index (χ0n) is 12.5. The Morgan fingerprint density at radius 3 is 2.67 bits per heavy atom. The number of unbranched alkanes of at least 4 members (excludes halogenated alkanes) is 1. The number of hydrogen-bond donors (Lipinski definition) is 2. The van der Waals surface area contributed by atoms with Crippen LogP contribution in [-0.4, -0.2) is 24.9 Å². The minimum Gasteiger partial charge on any atom is -0.462 e. The lowest BCUT2D eigenvalue weighted by molar-refractivity contribution is 0.0529. The highest BCUT2D eigenvalue weighted by molar-refractivity contribution is 7.19. The van der Waals surface area contributed by atoms with Crippen LogP contribution in [0.3, 0.4) is 0 Å². The van der Waals surface area contributed by atoms with E-state index in [0.29, 0.717) is 15.4 Å². The summed E-state index contributed by atoms with van der Waals surface area (Å²) in [7, 11) is 0. The number of carbonyl (C=O) groups is 2. The first-order valence-electron chi connectivity index (χ1n) is 7.47. The first-order valence-corrected chi connectivity index (χ1v) is 8.29. The molecule has 0 amide bonds. The van der Waals surface area contributed by atoms with Gasteiger partial charge in [0.05, 0.1) is 17.2 Å². The molecule has 6 heteroatoms. The molecule has 0 aromatic carbocycles. The van der Waals surface area contributed by atoms with Gasteiger partial charge in [0.1, 0.15) is 10.6 Å². The molecule has 0 atom stereocenters. The maximum Gasteiger partial charge on any atom is 0.343 e. The van der Waals surface area contributed by atoms with Crippen molar-refractivity contribution in [1.29, 1.82) is 0 Å². The van der Waals surface area contributed by atoms with Gasteiger partial charge in [0.15, 0.2) is 5.78 Å². The Hall–Kier alpha value is -1.56. The van der Waals surface area contributed by atoms with E-state index in [1.54, 1.807) is 6.92 Å². The number of thiophene rings is 1. The molecule has 0 aliphatic heterocycles. The second-order valence-electron chi connectivity index (χ2n) is 5.19. The number of Topliss-reactive ketones (excluding diaryl/α,β-unsaturated/α-hetero) is 1. The predicted octanol–water partition coefficient (Wildman–Crippen LogP) is 3.31. The summed E-state index contributed by atoms with van der Waals surface area (Å²) in [5.74, 6) is -0.309. The van der Waals surface area contributed by atoms with E-state index in [9.17, 15) is 9.59 Å². The molecule has 21 heavy (non-hydrogen) atoms. The molecule has 0 bridgehead atoms. The highest BCUT2D eigenvalue weighted by Crippen LogP contribution is 2.42. The van der Waals surface area contributed by atoms with Gasteiger partial charge in [0.2, 0.25) is 0 Å². The molecule has 1 aromatic rings. The summed E-state index contributed by atoms with van der Waals surface area (Å²) < 4.78 is 5.06. The Labute approximate surface area is 128 Å². The fraction of sp³-hybridized carbons (Fsp3) is 0.600. The van der Waals surface area contributed by atoms with Crippen LogP contribution in [0.25, 0.3) is 0 Å². The van der Waals surface area contributed by atoms with Gasteiger partial charge >= 0.3 is 5.97 Å². The van der Waals surface area contributed by atoms with E-state index in [1.165, 1.54) is 11.3 Å². The van der Waals surface area contributed by atoms with Gasteiger partial charge in [0.25, 0.3) is 0 Å². The quantitative estimate of drug-likeness (QED) is 0.437. The van der Waals surface area contributed by atoms with E-state index in [2.05, 4.69) is 12.2 Å². The van der Waals surface area contributed by atoms with Gasteiger partial charge in [-0.15, -0.1) is 11.3 Å². The van der Waals surface area contributed by atoms with Crippen molar-refractivity contribution in [2.45, 2.75) is 39.5 Å². The molecular weight excluding hydrogens is 288 g/mol. The summed E-state index contributed by atoms with van der Waals surface area (Å²) >= 11 is 1.28. The topological polar surface area (TPSA) is 81.4 Å². The van der Waals surface area contributed by atoms with Crippen molar-refractivity contribution in [2.24, 2.45) is 5.92 Å². The molecule has 3 N–H and O–H groups in total. The number of nitrogens with two attached hydrogens (primary N) is 1. The maximum atomic E-state index is 12.3. The number of anilines is 2. The van der Waals surface area contributed by atoms with E-state index in [4.69, 9.17) is 10.5 Å². The Kier molecular flexibility index (Phi) is 5.22. The molecule has 0 saturated heterocycles. The lowest BCUT2D eigenvalue weighted by atomic mass is 10.1. The average Bonchev–Trinajstić information content (AvgIpc) is 3.24. The Bertz CT molecular complexity index is 535. The molecule has 1 aliphatic rings. The van der Waals surface area contributed by atoms with Gasteiger partial charge in [-0.05, 0) is 26.2 Å². The van der Waals surface area contributed by atoms with Crippen molar-refractivity contribution in [3.63, 3.8) is 0 Å². The first kappa shape index (κ1) is 15.8. The number of ether oxygens (including phenoxy) is 1. The molecule has 1 fully saturated rings. The van der Waals surface area contributed by atoms with Gasteiger partial charge < -0.3 is 15.8 Å². The summed E-state index contributed by atoms with van der Waals surface area (Å²) in [4.78, 5) is 24.8. The molecule has 0 spiro atoms. The molecule has 2 rings (SSSR count). The fourth-order valence-corrected chi connectivity index (χ4v) is 3.22. The minimum atomic E-state index is -0.458. The maximum absolute atomic E-state index is 12.3. The van der Waals surface area contributed by atoms with Gasteiger partial charge in [-0.3, -0.25) is 4.79 Å². The third-order valence-electron chi connectivity index (χ3n) is 3.41. The second kappa shape index (κ2) is 6.93. The smallest absolute Gasteiger partial charge is 0.343 e. The van der Waals surface area contributed by atoms with Gasteiger partial charge in [0, 0.05) is 12.5 Å². The molecule has 0 unspecified atom stereocenters. The fourth-order valence-electron chi connectivity index (χ4n) is 2.07. The average molecular weight is 310 g/mol. The summed E-state index contributed by atoms with van der Waals surface area (Å²) in [5.41, 5.74) is 6.65. The SMILES string of the molecule is CCCCNc1sc(C(=O)C2CC2)c(N)c1C(=O)OCC. The van der Waals surface area contributed by atoms with Crippen LogP contribution in [0.15, 0.2) is 0 Å². The summed E-state index contributed by atoms with van der Waals surface area (Å²) in [6, 6.07) is 0. The zero-order valence-corrected chi connectivity index (χ0v) is 13.3. The zero-order chi connectivity index (χ0) is 15.4. The highest BCUT2D eigenvalue weighted by Gasteiger charge is 2.35. The first-order chi connectivity index (χ1) is 10.1. The van der Waals surface area contributed by atoms with E-state index in [-0.39, 0.29) is 24.0 Å². The van der Waals surface area contributed by atoms with Crippen LogP contribution >= 0.6 is 11.3 Å². The monoisotopic (exact) mass is 310 g/mol. The summed E-state index contributed by atoms with van der Waals surface area (Å²) in [5, 5.41) is 3.87. The third-order valence-corrected chi connectivity index (χ3v) is 4.59. The summed E-state index contributed by atoms with van der Waals surface area (Å²) in [6.45, 7) is 4.88. The predicted molar refractivity (Wildman–Crippen MR) is 85.1 cm³/mol. The van der Waals surface area contributed by atoms with Crippen molar-refractivity contribution in [3.05, 3.63) is 10.4 Å². The number of esters is 1. The molecule has 0 radical (unpaired) electrons. The molecule has 1 heterocycles. The van der Waals surface area contributed by atoms with E-state index in [0.717, 1.165) is 32.2 Å². The number of carbonyl (C=O) groups excluding carboxylic acids is 2. The van der Waals surface area contributed by atoms with E-state index < -0.39 is 5.97 Å². The number of nitrogens with one attached hydrogen (secondary N) is 1. The van der Waals surface area contributed by atoms with Crippen molar-refractivity contribution in [3.8, 4) is 0 Å². The number of rotatable bonds is 8. The standard InChI is InChI=1S/C15H22N2O3S/c1-3-5-8-17-14-10(15(19)20-4-2)11(16)13(21-14)12(18)9-6-7-9/h9,17H,3-8,16H2,1-2H3. The molecule has 1 aromatic heterocycles. The van der Waals surface area contributed by atoms with Crippen LogP contribution in [0.5, 0.6) is 0 Å². The molecule has 1 saturated carbocycles. The van der Waals surface area contributed by atoms with Crippen molar-refractivity contribution in [2.75, 3.05) is 24.2 Å². The van der Waals surface area contributed by atoms with Crippen LogP contribution in [0.2, 0.25) is 0 Å². The van der Waals surface area contributed by atoms with Gasteiger partial charge in [-0.1, -0.05) is 13.3 Å². The van der Waals surface area contributed by atoms with Crippen LogP contribution in [0.4, 0.5) is 10.7 Å². The van der Waals surface area contributed by atoms with Crippen LogP contribution in [0.1, 0.15) is 59.6 Å². The van der Waals surface area contributed by atoms with Gasteiger partial charge in [-0.25, -0.2) is 4.79 Å². The van der Waals surface area contributed by atoms with Crippen LogP contribution in [-0.2, 0) is 4.74 Å². The van der Waals surface area contributed by atoms with Crippen molar-refractivity contribution < 1.29 is 14.3 Å². The molecular formula is C15H22N2O3S. The number of nitrogen functional groups attached to an aromatic ring is 1. The number of hydrogen-bond acceptors (Lipinski definition) is 6. The normalized spacial score (nSPS) is 14.0. The third kappa shape index (κ3) is 3.56. The molecule has 116 valence electrons. The summed E-state index contributed by atoms with van der Waals surface area (Å²) in [6.07, 6.45) is 3.88. The van der Waals surface area contributed by atoms with Crippen LogP contribution < -0.4 is 11.1 Å². The van der Waals surface area contributed by atoms with E-state index >= 15 is 0 Å². The lowest BCUT2D eigenvalue weighted by Crippen LogP contribution is -2.11. The molecule has 1 aliphatic carbocycles. The Morgan fingerprint density at radius 1 is 1.38 bits per heavy atom. The van der Waals surface area contributed by atoms with Crippen molar-refractivity contribution >= 4 is 33.8 Å². The lowest BCUT2D eigenvalue weighted by Gasteiger charge is -2.06. The minimum absolute atomic E-state index is 0.0617. The molecule has 5 nitrogen and oxygen atoms in total.